The summed E-state index contributed by atoms with van der Waals surface area (Å²) in [6.07, 6.45) is 0. The number of benzene rings is 2. The molecule has 0 radical (unpaired) electrons. The van der Waals surface area contributed by atoms with Gasteiger partial charge in [0, 0.05) is 23.7 Å². The molecule has 30 heavy (non-hydrogen) atoms. The average molecular weight is 400 g/mol. The van der Waals surface area contributed by atoms with Crippen molar-refractivity contribution in [3.63, 3.8) is 0 Å². The molecule has 4 aromatic rings. The van der Waals surface area contributed by atoms with Gasteiger partial charge in [0.15, 0.2) is 5.69 Å². The van der Waals surface area contributed by atoms with Crippen LogP contribution in [-0.4, -0.2) is 22.7 Å². The second kappa shape index (κ2) is 7.76. The van der Waals surface area contributed by atoms with E-state index < -0.39 is 0 Å². The van der Waals surface area contributed by atoms with Gasteiger partial charge in [0.1, 0.15) is 17.6 Å². The number of methoxy groups -OCH3 is 1. The van der Waals surface area contributed by atoms with Crippen LogP contribution in [-0.2, 0) is 6.54 Å². The lowest BCUT2D eigenvalue weighted by atomic mass is 10.1. The molecular weight excluding hydrogens is 380 g/mol. The molecule has 0 aliphatic heterocycles. The Kier molecular flexibility index (Phi) is 4.98. The molecule has 2 aromatic heterocycles. The number of aromatic nitrogens is 2. The van der Waals surface area contributed by atoms with Gasteiger partial charge in [0.25, 0.3) is 5.91 Å². The van der Waals surface area contributed by atoms with Crippen LogP contribution in [0.2, 0.25) is 0 Å². The first-order valence-corrected chi connectivity index (χ1v) is 9.51. The van der Waals surface area contributed by atoms with Crippen LogP contribution in [0.15, 0.2) is 53.1 Å². The van der Waals surface area contributed by atoms with Crippen molar-refractivity contribution in [1.82, 2.24) is 9.72 Å². The predicted molar refractivity (Wildman–Crippen MR) is 114 cm³/mol. The van der Waals surface area contributed by atoms with Crippen LogP contribution in [0.1, 0.15) is 28.7 Å². The van der Waals surface area contributed by atoms with Crippen LogP contribution in [0.4, 0.5) is 5.69 Å². The highest BCUT2D eigenvalue weighted by atomic mass is 16.5. The normalized spacial score (nSPS) is 10.7. The lowest BCUT2D eigenvalue weighted by Crippen LogP contribution is -2.12. The number of anilines is 1. The van der Waals surface area contributed by atoms with E-state index in [1.165, 1.54) is 0 Å². The maximum atomic E-state index is 12.3. The minimum absolute atomic E-state index is 0.225. The van der Waals surface area contributed by atoms with Crippen molar-refractivity contribution in [2.45, 2.75) is 20.4 Å². The number of nitrogens with zero attached hydrogens (tertiary/aromatic N) is 3. The summed E-state index contributed by atoms with van der Waals surface area (Å²) in [4.78, 5) is 12.3. The van der Waals surface area contributed by atoms with Gasteiger partial charge in [-0.2, -0.15) is 5.26 Å². The molecular formula is C23H20N4O3. The Morgan fingerprint density at radius 3 is 2.60 bits per heavy atom. The van der Waals surface area contributed by atoms with Gasteiger partial charge in [-0.25, -0.2) is 0 Å². The summed E-state index contributed by atoms with van der Waals surface area (Å²) in [5.74, 6) is 0.940. The monoisotopic (exact) mass is 400 g/mol. The minimum atomic E-state index is -0.341. The van der Waals surface area contributed by atoms with E-state index >= 15 is 0 Å². The molecule has 0 aliphatic rings. The van der Waals surface area contributed by atoms with Gasteiger partial charge >= 0.3 is 0 Å². The Labute approximate surface area is 173 Å². The fraction of sp³-hybridized carbons (Fsp3) is 0.174. The molecule has 150 valence electrons. The summed E-state index contributed by atoms with van der Waals surface area (Å²) in [5, 5.41) is 17.3. The minimum Gasteiger partial charge on any atom is -0.497 e. The van der Waals surface area contributed by atoms with Crippen molar-refractivity contribution < 1.29 is 14.1 Å². The Hall–Kier alpha value is -4.05. The summed E-state index contributed by atoms with van der Waals surface area (Å²) in [6.45, 7) is 4.49. The first-order chi connectivity index (χ1) is 14.5. The highest BCUT2D eigenvalue weighted by molar-refractivity contribution is 6.03. The molecule has 2 aromatic carbocycles. The fourth-order valence-corrected chi connectivity index (χ4v) is 3.58. The maximum absolute atomic E-state index is 12.3. The van der Waals surface area contributed by atoms with Crippen LogP contribution in [0.25, 0.3) is 22.2 Å². The summed E-state index contributed by atoms with van der Waals surface area (Å²) < 4.78 is 12.4. The van der Waals surface area contributed by atoms with Crippen LogP contribution in [0, 0.1) is 18.3 Å². The highest BCUT2D eigenvalue weighted by Gasteiger charge is 2.19. The number of aryl methyl sites for hydroxylation is 2. The number of fused-ring (bicyclic) bond motifs is 1. The van der Waals surface area contributed by atoms with Gasteiger partial charge in [-0.15, -0.1) is 0 Å². The molecule has 1 amide bonds. The zero-order chi connectivity index (χ0) is 21.3. The van der Waals surface area contributed by atoms with Crippen LogP contribution >= 0.6 is 0 Å². The van der Waals surface area contributed by atoms with E-state index in [0.717, 1.165) is 22.2 Å². The molecule has 7 nitrogen and oxygen atoms in total. The van der Waals surface area contributed by atoms with Gasteiger partial charge < -0.3 is 19.1 Å². The van der Waals surface area contributed by atoms with Crippen LogP contribution < -0.4 is 10.1 Å². The van der Waals surface area contributed by atoms with E-state index in [4.69, 9.17) is 9.26 Å². The Bertz CT molecular complexity index is 1280. The van der Waals surface area contributed by atoms with Crippen molar-refractivity contribution in [2.75, 3.05) is 12.4 Å². The maximum Gasteiger partial charge on any atom is 0.277 e. The number of carbonyl (C=O) groups excluding carboxylic acids is 1. The van der Waals surface area contributed by atoms with Crippen LogP contribution in [0.3, 0.4) is 0 Å². The molecule has 0 atom stereocenters. The van der Waals surface area contributed by atoms with Gasteiger partial charge in [-0.05, 0) is 49.7 Å². The molecule has 1 N–H and O–H groups in total. The number of hydrogen-bond donors (Lipinski definition) is 1. The third kappa shape index (κ3) is 3.29. The second-order valence-electron chi connectivity index (χ2n) is 6.82. The summed E-state index contributed by atoms with van der Waals surface area (Å²) >= 11 is 0. The van der Waals surface area contributed by atoms with Gasteiger partial charge in [-0.3, -0.25) is 4.79 Å². The number of rotatable bonds is 5. The van der Waals surface area contributed by atoms with Crippen molar-refractivity contribution in [3.05, 3.63) is 65.5 Å². The summed E-state index contributed by atoms with van der Waals surface area (Å²) in [6, 6.07) is 17.1. The largest absolute Gasteiger partial charge is 0.497 e. The van der Waals surface area contributed by atoms with E-state index in [9.17, 15) is 10.1 Å². The first-order valence-electron chi connectivity index (χ1n) is 9.51. The summed E-state index contributed by atoms with van der Waals surface area (Å²) in [7, 11) is 1.61. The van der Waals surface area contributed by atoms with Crippen molar-refractivity contribution in [1.29, 1.82) is 5.26 Å². The molecule has 7 heteroatoms. The third-order valence-corrected chi connectivity index (χ3v) is 4.98. The Morgan fingerprint density at radius 1 is 1.23 bits per heavy atom. The van der Waals surface area contributed by atoms with Gasteiger partial charge in [-0.1, -0.05) is 17.3 Å². The van der Waals surface area contributed by atoms with E-state index in [-0.39, 0.29) is 11.6 Å². The number of nitriles is 1. The quantitative estimate of drug-likeness (QED) is 0.521. The Balaban J connectivity index is 1.72. The molecule has 0 saturated carbocycles. The third-order valence-electron chi connectivity index (χ3n) is 4.98. The van der Waals surface area contributed by atoms with Crippen molar-refractivity contribution in [3.8, 4) is 23.1 Å². The zero-order valence-electron chi connectivity index (χ0n) is 16.9. The van der Waals surface area contributed by atoms with E-state index in [2.05, 4.69) is 21.1 Å². The molecule has 0 spiro atoms. The Morgan fingerprint density at radius 2 is 2.00 bits per heavy atom. The second-order valence-corrected chi connectivity index (χ2v) is 6.82. The molecule has 0 aliphatic carbocycles. The smallest absolute Gasteiger partial charge is 0.277 e. The molecule has 2 heterocycles. The lowest BCUT2D eigenvalue weighted by molar-refractivity contribution is 0.101. The zero-order valence-corrected chi connectivity index (χ0v) is 16.9. The SMILES string of the molecule is CCn1c(-c2ccc(NC(=O)c3cc(C)on3)cc2)c(C#N)c2cc(OC)ccc21. The van der Waals surface area contributed by atoms with Crippen molar-refractivity contribution in [2.24, 2.45) is 0 Å². The predicted octanol–water partition coefficient (Wildman–Crippen LogP) is 4.76. The fourth-order valence-electron chi connectivity index (χ4n) is 3.58. The standard InChI is InChI=1S/C23H20N4O3/c1-4-27-21-10-9-17(29-3)12-18(21)19(13-24)22(27)15-5-7-16(8-6-15)25-23(28)20-11-14(2)30-26-20/h5-12H,4H2,1-3H3,(H,25,28). The lowest BCUT2D eigenvalue weighted by Gasteiger charge is -2.10. The number of nitrogens with one attached hydrogen (secondary N) is 1. The number of amides is 1. The van der Waals surface area contributed by atoms with Crippen molar-refractivity contribution >= 4 is 22.5 Å². The number of hydrogen-bond acceptors (Lipinski definition) is 5. The topological polar surface area (TPSA) is 93.1 Å². The molecule has 4 rings (SSSR count). The van der Waals surface area contributed by atoms with Gasteiger partial charge in [0.05, 0.1) is 23.9 Å². The van der Waals surface area contributed by atoms with E-state index in [0.29, 0.717) is 29.3 Å². The highest BCUT2D eigenvalue weighted by Crippen LogP contribution is 2.35. The molecule has 0 fully saturated rings. The molecule has 0 bridgehead atoms. The molecule has 0 saturated heterocycles. The molecule has 0 unspecified atom stereocenters. The van der Waals surface area contributed by atoms with E-state index in [1.54, 1.807) is 32.2 Å². The van der Waals surface area contributed by atoms with E-state index in [1.807, 2.05) is 37.3 Å². The first kappa shape index (κ1) is 19.3. The average Bonchev–Trinajstić information content (AvgIpc) is 3.34. The summed E-state index contributed by atoms with van der Waals surface area (Å²) in [5.41, 5.74) is 4.16. The van der Waals surface area contributed by atoms with Crippen LogP contribution in [0.5, 0.6) is 5.75 Å². The van der Waals surface area contributed by atoms with Gasteiger partial charge in [0.2, 0.25) is 0 Å². The number of carbonyl (C=O) groups is 1. The number of ether oxygens (including phenoxy) is 1.